The van der Waals surface area contributed by atoms with Crippen molar-refractivity contribution in [3.05, 3.63) is 35.3 Å². The van der Waals surface area contributed by atoms with Gasteiger partial charge >= 0.3 is 0 Å². The number of benzene rings is 1. The molecule has 0 amide bonds. The highest BCUT2D eigenvalue weighted by molar-refractivity contribution is 7.13. The summed E-state index contributed by atoms with van der Waals surface area (Å²) in [6.45, 7) is 15.0. The Balaban J connectivity index is 1.69. The molecule has 5 nitrogen and oxygen atoms in total. The van der Waals surface area contributed by atoms with Gasteiger partial charge in [-0.3, -0.25) is 4.79 Å². The molecule has 0 spiro atoms. The van der Waals surface area contributed by atoms with E-state index in [1.54, 1.807) is 18.4 Å². The Morgan fingerprint density at radius 2 is 1.76 bits per heavy atom. The van der Waals surface area contributed by atoms with Gasteiger partial charge in [0.25, 0.3) is 0 Å². The van der Waals surface area contributed by atoms with Crippen LogP contribution in [0.4, 0.5) is 0 Å². The van der Waals surface area contributed by atoms with Crippen LogP contribution in [-0.2, 0) is 20.6 Å². The number of hydrogen-bond acceptors (Lipinski definition) is 6. The standard InChI is InChI=1S/C26H41NO4SSi/c1-19(2)33(20(3)4,21(5)6)31-14-9-8-12-24(28)17-30-16-23-18-32-26(27-23)22-11-10-13-25(15-22)29-7/h10-11,13,15,18-21H,8-9,12,14,16-17H2,1-7H3. The molecule has 2 aromatic rings. The Kier molecular flexibility index (Phi) is 11.2. The average Bonchev–Trinajstić information content (AvgIpc) is 3.24. The molecule has 0 aliphatic rings. The van der Waals surface area contributed by atoms with Crippen LogP contribution in [0, 0.1) is 0 Å². The lowest BCUT2D eigenvalue weighted by Crippen LogP contribution is -2.47. The zero-order chi connectivity index (χ0) is 24.4. The van der Waals surface area contributed by atoms with E-state index in [-0.39, 0.29) is 12.4 Å². The Morgan fingerprint density at radius 3 is 2.39 bits per heavy atom. The van der Waals surface area contributed by atoms with Crippen molar-refractivity contribution in [3.8, 4) is 16.3 Å². The summed E-state index contributed by atoms with van der Waals surface area (Å²) in [6.07, 6.45) is 2.30. The number of methoxy groups -OCH3 is 1. The van der Waals surface area contributed by atoms with Crippen LogP contribution in [0.1, 0.15) is 66.5 Å². The van der Waals surface area contributed by atoms with Gasteiger partial charge in [0.15, 0.2) is 14.1 Å². The zero-order valence-corrected chi connectivity index (χ0v) is 23.2. The van der Waals surface area contributed by atoms with Gasteiger partial charge in [-0.2, -0.15) is 0 Å². The molecule has 7 heteroatoms. The van der Waals surface area contributed by atoms with Gasteiger partial charge in [0.05, 0.1) is 19.4 Å². The third-order valence-electron chi connectivity index (χ3n) is 6.29. The second kappa shape index (κ2) is 13.4. The van der Waals surface area contributed by atoms with Crippen LogP contribution in [0.5, 0.6) is 5.75 Å². The summed E-state index contributed by atoms with van der Waals surface area (Å²) in [5.74, 6) is 0.945. The first-order valence-corrected chi connectivity index (χ1v) is 15.0. The molecule has 184 valence electrons. The van der Waals surface area contributed by atoms with Crippen molar-refractivity contribution >= 4 is 25.4 Å². The fourth-order valence-electron chi connectivity index (χ4n) is 4.78. The molecule has 2 rings (SSSR count). The van der Waals surface area contributed by atoms with E-state index in [1.807, 2.05) is 29.6 Å². The largest absolute Gasteiger partial charge is 0.497 e. The minimum atomic E-state index is -1.81. The summed E-state index contributed by atoms with van der Waals surface area (Å²) in [6, 6.07) is 7.84. The first kappa shape index (κ1) is 27.7. The highest BCUT2D eigenvalue weighted by Gasteiger charge is 2.44. The first-order valence-electron chi connectivity index (χ1n) is 12.0. The lowest BCUT2D eigenvalue weighted by Gasteiger charge is -2.42. The van der Waals surface area contributed by atoms with Crippen LogP contribution in [0.3, 0.4) is 0 Å². The molecule has 0 fully saturated rings. The van der Waals surface area contributed by atoms with E-state index in [4.69, 9.17) is 13.9 Å². The minimum Gasteiger partial charge on any atom is -0.497 e. The van der Waals surface area contributed by atoms with E-state index in [2.05, 4.69) is 46.5 Å². The van der Waals surface area contributed by atoms with Crippen molar-refractivity contribution in [2.24, 2.45) is 0 Å². The molecule has 0 radical (unpaired) electrons. The number of ketones is 1. The summed E-state index contributed by atoms with van der Waals surface area (Å²) in [5.41, 5.74) is 3.62. The van der Waals surface area contributed by atoms with Gasteiger partial charge in [-0.05, 0) is 41.6 Å². The molecule has 0 saturated heterocycles. The lowest BCUT2D eigenvalue weighted by molar-refractivity contribution is -0.124. The summed E-state index contributed by atoms with van der Waals surface area (Å²) in [5, 5.41) is 2.90. The topological polar surface area (TPSA) is 57.7 Å². The molecular formula is C26H41NO4SSi. The van der Waals surface area contributed by atoms with Crippen molar-refractivity contribution in [3.63, 3.8) is 0 Å². The Labute approximate surface area is 205 Å². The second-order valence-electron chi connectivity index (χ2n) is 9.53. The average molecular weight is 492 g/mol. The van der Waals surface area contributed by atoms with E-state index in [9.17, 15) is 4.79 Å². The SMILES string of the molecule is COc1cccc(-c2nc(COCC(=O)CCCCO[Si](C(C)C)(C(C)C)C(C)C)cs2)c1. The number of aromatic nitrogens is 1. The van der Waals surface area contributed by atoms with E-state index >= 15 is 0 Å². The molecule has 0 atom stereocenters. The quantitative estimate of drug-likeness (QED) is 0.194. The van der Waals surface area contributed by atoms with E-state index in [1.165, 1.54) is 0 Å². The maximum Gasteiger partial charge on any atom is 0.200 e. The number of carbonyl (C=O) groups is 1. The molecule has 0 N–H and O–H groups in total. The summed E-state index contributed by atoms with van der Waals surface area (Å²) in [4.78, 5) is 16.8. The van der Waals surface area contributed by atoms with Crippen LogP contribution in [0.25, 0.3) is 10.6 Å². The van der Waals surface area contributed by atoms with E-state index < -0.39 is 8.32 Å². The first-order chi connectivity index (χ1) is 15.7. The normalized spacial score (nSPS) is 12.2. The van der Waals surface area contributed by atoms with Gasteiger partial charge in [0.2, 0.25) is 0 Å². The number of ether oxygens (including phenoxy) is 2. The predicted octanol–water partition coefficient (Wildman–Crippen LogP) is 7.27. The van der Waals surface area contributed by atoms with Crippen molar-refractivity contribution in [2.75, 3.05) is 20.3 Å². The molecule has 1 aromatic heterocycles. The third kappa shape index (κ3) is 7.74. The predicted molar refractivity (Wildman–Crippen MR) is 140 cm³/mol. The molecule has 33 heavy (non-hydrogen) atoms. The molecule has 0 unspecified atom stereocenters. The Bertz CT molecular complexity index is 844. The summed E-state index contributed by atoms with van der Waals surface area (Å²) < 4.78 is 17.5. The molecule has 0 bridgehead atoms. The van der Waals surface area contributed by atoms with E-state index in [0.29, 0.717) is 29.7 Å². The summed E-state index contributed by atoms with van der Waals surface area (Å²) in [7, 11) is -0.159. The Morgan fingerprint density at radius 1 is 1.06 bits per heavy atom. The molecular weight excluding hydrogens is 450 g/mol. The zero-order valence-electron chi connectivity index (χ0n) is 21.3. The van der Waals surface area contributed by atoms with Gasteiger partial charge in [-0.25, -0.2) is 4.98 Å². The molecule has 0 aliphatic carbocycles. The molecule has 1 aromatic carbocycles. The smallest absolute Gasteiger partial charge is 0.200 e. The Hall–Kier alpha value is -1.54. The van der Waals surface area contributed by atoms with Gasteiger partial charge in [0.1, 0.15) is 17.4 Å². The number of hydrogen-bond donors (Lipinski definition) is 0. The van der Waals surface area contributed by atoms with Crippen LogP contribution < -0.4 is 4.74 Å². The third-order valence-corrected chi connectivity index (χ3v) is 13.3. The minimum absolute atomic E-state index is 0.134. The van der Waals surface area contributed by atoms with Gasteiger partial charge in [-0.15, -0.1) is 11.3 Å². The number of Topliss-reactive ketones (excluding diaryl/α,β-unsaturated/α-hetero) is 1. The molecule has 0 saturated carbocycles. The number of nitrogens with zero attached hydrogens (tertiary/aromatic N) is 1. The number of thiazole rings is 1. The van der Waals surface area contributed by atoms with Crippen molar-refractivity contribution < 1.29 is 18.7 Å². The lowest BCUT2D eigenvalue weighted by atomic mass is 10.2. The fraction of sp³-hybridized carbons (Fsp3) is 0.615. The van der Waals surface area contributed by atoms with Crippen LogP contribution >= 0.6 is 11.3 Å². The fourth-order valence-corrected chi connectivity index (χ4v) is 11.1. The molecule has 0 aliphatic heterocycles. The number of carbonyl (C=O) groups excluding carboxylic acids is 1. The van der Waals surface area contributed by atoms with Gasteiger partial charge < -0.3 is 13.9 Å². The monoisotopic (exact) mass is 491 g/mol. The summed E-state index contributed by atoms with van der Waals surface area (Å²) >= 11 is 1.57. The van der Waals surface area contributed by atoms with Gasteiger partial charge in [-0.1, -0.05) is 53.7 Å². The van der Waals surface area contributed by atoms with Crippen molar-refractivity contribution in [1.82, 2.24) is 4.98 Å². The molecule has 1 heterocycles. The number of unbranched alkanes of at least 4 members (excludes halogenated alkanes) is 1. The highest BCUT2D eigenvalue weighted by Crippen LogP contribution is 2.42. The second-order valence-corrected chi connectivity index (χ2v) is 15.8. The highest BCUT2D eigenvalue weighted by atomic mass is 32.1. The maximum absolute atomic E-state index is 12.2. The van der Waals surface area contributed by atoms with Gasteiger partial charge in [0, 0.05) is 24.0 Å². The van der Waals surface area contributed by atoms with Crippen molar-refractivity contribution in [1.29, 1.82) is 0 Å². The van der Waals surface area contributed by atoms with Crippen LogP contribution in [0.15, 0.2) is 29.6 Å². The van der Waals surface area contributed by atoms with E-state index in [0.717, 1.165) is 41.5 Å². The maximum atomic E-state index is 12.2. The van der Waals surface area contributed by atoms with Crippen molar-refractivity contribution in [2.45, 2.75) is 84.0 Å². The van der Waals surface area contributed by atoms with Crippen LogP contribution in [-0.4, -0.2) is 39.4 Å². The number of rotatable bonds is 15. The van der Waals surface area contributed by atoms with Crippen LogP contribution in [0.2, 0.25) is 16.6 Å².